The van der Waals surface area contributed by atoms with Crippen molar-refractivity contribution in [2.75, 3.05) is 13.1 Å². The van der Waals surface area contributed by atoms with Gasteiger partial charge in [0.2, 0.25) is 0 Å². The predicted octanol–water partition coefficient (Wildman–Crippen LogP) is 0.590. The lowest BCUT2D eigenvalue weighted by atomic mass is 9.89. The fourth-order valence-corrected chi connectivity index (χ4v) is 1.60. The van der Waals surface area contributed by atoms with E-state index in [9.17, 15) is 4.79 Å². The van der Waals surface area contributed by atoms with E-state index >= 15 is 0 Å². The van der Waals surface area contributed by atoms with E-state index in [1.54, 1.807) is 0 Å². The summed E-state index contributed by atoms with van der Waals surface area (Å²) in [6.07, 6.45) is 1.50. The third kappa shape index (κ3) is 4.81. The second-order valence-corrected chi connectivity index (χ2v) is 5.31. The molecule has 0 heterocycles. The Kier molecular flexibility index (Phi) is 4.56. The van der Waals surface area contributed by atoms with Crippen molar-refractivity contribution in [1.29, 1.82) is 0 Å². The van der Waals surface area contributed by atoms with Gasteiger partial charge in [0.15, 0.2) is 0 Å². The number of rotatable bonds is 4. The average molecular weight is 229 g/mol. The SMILES string of the molecule is CC(C)(C)NC(=O)OC1CC(NCCN)C1. The first kappa shape index (κ1) is 13.3. The van der Waals surface area contributed by atoms with Crippen LogP contribution in [0.5, 0.6) is 0 Å². The van der Waals surface area contributed by atoms with Gasteiger partial charge in [-0.2, -0.15) is 0 Å². The molecule has 5 heteroatoms. The van der Waals surface area contributed by atoms with E-state index in [1.807, 2.05) is 20.8 Å². The highest BCUT2D eigenvalue weighted by molar-refractivity contribution is 5.68. The number of carbonyl (C=O) groups excluding carboxylic acids is 1. The van der Waals surface area contributed by atoms with Gasteiger partial charge in [-0.25, -0.2) is 4.79 Å². The standard InChI is InChI=1S/C11H23N3O2/c1-11(2,3)14-10(15)16-9-6-8(7-9)13-5-4-12/h8-9,13H,4-7,12H2,1-3H3,(H,14,15). The molecule has 94 valence electrons. The fraction of sp³-hybridized carbons (Fsp3) is 0.909. The van der Waals surface area contributed by atoms with Gasteiger partial charge in [0, 0.05) is 24.7 Å². The van der Waals surface area contributed by atoms with E-state index in [0.29, 0.717) is 12.6 Å². The molecule has 0 atom stereocenters. The molecule has 0 bridgehead atoms. The van der Waals surface area contributed by atoms with Gasteiger partial charge in [-0.3, -0.25) is 0 Å². The van der Waals surface area contributed by atoms with Crippen molar-refractivity contribution in [1.82, 2.24) is 10.6 Å². The van der Waals surface area contributed by atoms with Gasteiger partial charge in [-0.15, -0.1) is 0 Å². The summed E-state index contributed by atoms with van der Waals surface area (Å²) in [6, 6.07) is 0.455. The Labute approximate surface area is 97.1 Å². The fourth-order valence-electron chi connectivity index (χ4n) is 1.60. The molecule has 0 saturated heterocycles. The van der Waals surface area contributed by atoms with Gasteiger partial charge in [-0.05, 0) is 33.6 Å². The maximum Gasteiger partial charge on any atom is 0.407 e. The number of hydrogen-bond acceptors (Lipinski definition) is 4. The molecule has 0 unspecified atom stereocenters. The summed E-state index contributed by atoms with van der Waals surface area (Å²) >= 11 is 0. The minimum Gasteiger partial charge on any atom is -0.446 e. The number of hydrogen-bond donors (Lipinski definition) is 3. The summed E-state index contributed by atoms with van der Waals surface area (Å²) in [5.41, 5.74) is 5.14. The average Bonchev–Trinajstić information content (AvgIpc) is 2.05. The van der Waals surface area contributed by atoms with Crippen LogP contribution >= 0.6 is 0 Å². The Morgan fingerprint density at radius 1 is 1.44 bits per heavy atom. The Balaban J connectivity index is 2.10. The molecule has 4 N–H and O–H groups in total. The lowest BCUT2D eigenvalue weighted by molar-refractivity contribution is 0.0289. The van der Waals surface area contributed by atoms with Crippen LogP contribution in [0.3, 0.4) is 0 Å². The second-order valence-electron chi connectivity index (χ2n) is 5.31. The summed E-state index contributed by atoms with van der Waals surface area (Å²) in [7, 11) is 0. The lowest BCUT2D eigenvalue weighted by Gasteiger charge is -2.35. The zero-order valence-corrected chi connectivity index (χ0v) is 10.4. The highest BCUT2D eigenvalue weighted by Crippen LogP contribution is 2.23. The molecule has 0 radical (unpaired) electrons. The number of nitrogens with one attached hydrogen (secondary N) is 2. The molecule has 5 nitrogen and oxygen atoms in total. The van der Waals surface area contributed by atoms with Gasteiger partial charge < -0.3 is 21.1 Å². The highest BCUT2D eigenvalue weighted by atomic mass is 16.6. The predicted molar refractivity (Wildman–Crippen MR) is 63.2 cm³/mol. The molecule has 1 aliphatic rings. The third-order valence-corrected chi connectivity index (χ3v) is 2.42. The molecular weight excluding hydrogens is 206 g/mol. The van der Waals surface area contributed by atoms with Crippen molar-refractivity contribution in [3.05, 3.63) is 0 Å². The van der Waals surface area contributed by atoms with E-state index in [2.05, 4.69) is 10.6 Å². The molecular formula is C11H23N3O2. The molecule has 1 amide bonds. The Hall–Kier alpha value is -0.810. The number of ether oxygens (including phenoxy) is 1. The minimum atomic E-state index is -0.324. The largest absolute Gasteiger partial charge is 0.446 e. The van der Waals surface area contributed by atoms with Crippen LogP contribution in [0.2, 0.25) is 0 Å². The smallest absolute Gasteiger partial charge is 0.407 e. The quantitative estimate of drug-likeness (QED) is 0.659. The normalized spacial score (nSPS) is 24.8. The minimum absolute atomic E-state index is 0.0534. The molecule has 1 saturated carbocycles. The summed E-state index contributed by atoms with van der Waals surface area (Å²) < 4.78 is 5.25. The van der Waals surface area contributed by atoms with Crippen LogP contribution < -0.4 is 16.4 Å². The number of amides is 1. The zero-order chi connectivity index (χ0) is 12.2. The van der Waals surface area contributed by atoms with E-state index in [-0.39, 0.29) is 17.7 Å². The lowest BCUT2D eigenvalue weighted by Crippen LogP contribution is -2.50. The first-order valence-corrected chi connectivity index (χ1v) is 5.83. The van der Waals surface area contributed by atoms with Crippen LogP contribution in [0, 0.1) is 0 Å². The highest BCUT2D eigenvalue weighted by Gasteiger charge is 2.32. The molecule has 0 aromatic rings. The molecule has 0 aromatic carbocycles. The molecule has 1 rings (SSSR count). The third-order valence-electron chi connectivity index (χ3n) is 2.42. The second kappa shape index (κ2) is 5.50. The van der Waals surface area contributed by atoms with Gasteiger partial charge >= 0.3 is 6.09 Å². The van der Waals surface area contributed by atoms with Gasteiger partial charge in [0.1, 0.15) is 6.10 Å². The van der Waals surface area contributed by atoms with E-state index < -0.39 is 0 Å². The molecule has 0 spiro atoms. The van der Waals surface area contributed by atoms with Crippen LogP contribution in [0.15, 0.2) is 0 Å². The Bertz CT molecular complexity index is 232. The maximum atomic E-state index is 11.4. The van der Waals surface area contributed by atoms with Gasteiger partial charge in [-0.1, -0.05) is 0 Å². The molecule has 1 fully saturated rings. The van der Waals surface area contributed by atoms with Gasteiger partial charge in [0.25, 0.3) is 0 Å². The first-order chi connectivity index (χ1) is 7.40. The molecule has 1 aliphatic carbocycles. The van der Waals surface area contributed by atoms with Crippen molar-refractivity contribution in [3.8, 4) is 0 Å². The summed E-state index contributed by atoms with van der Waals surface area (Å²) in [6.45, 7) is 7.26. The zero-order valence-electron chi connectivity index (χ0n) is 10.4. The summed E-state index contributed by atoms with van der Waals surface area (Å²) in [5, 5.41) is 6.06. The van der Waals surface area contributed by atoms with Crippen LogP contribution in [0.1, 0.15) is 33.6 Å². The van der Waals surface area contributed by atoms with Crippen LogP contribution in [0.4, 0.5) is 4.79 Å². The Morgan fingerprint density at radius 2 is 2.06 bits per heavy atom. The van der Waals surface area contributed by atoms with Crippen LogP contribution in [-0.4, -0.2) is 36.9 Å². The van der Waals surface area contributed by atoms with Crippen molar-refractivity contribution < 1.29 is 9.53 Å². The monoisotopic (exact) mass is 229 g/mol. The van der Waals surface area contributed by atoms with E-state index in [4.69, 9.17) is 10.5 Å². The number of alkyl carbamates (subject to hydrolysis) is 1. The summed E-state index contributed by atoms with van der Waals surface area (Å²) in [4.78, 5) is 11.4. The topological polar surface area (TPSA) is 76.4 Å². The van der Waals surface area contributed by atoms with Gasteiger partial charge in [0.05, 0.1) is 0 Å². The summed E-state index contributed by atoms with van der Waals surface area (Å²) in [5.74, 6) is 0. The number of carbonyl (C=O) groups is 1. The van der Waals surface area contributed by atoms with E-state index in [1.165, 1.54) is 0 Å². The molecule has 0 aliphatic heterocycles. The van der Waals surface area contributed by atoms with Crippen molar-refractivity contribution in [2.45, 2.75) is 51.3 Å². The maximum absolute atomic E-state index is 11.4. The Morgan fingerprint density at radius 3 is 2.56 bits per heavy atom. The molecule has 0 aromatic heterocycles. The van der Waals surface area contributed by atoms with Crippen molar-refractivity contribution >= 4 is 6.09 Å². The van der Waals surface area contributed by atoms with E-state index in [0.717, 1.165) is 19.4 Å². The van der Waals surface area contributed by atoms with Crippen molar-refractivity contribution in [3.63, 3.8) is 0 Å². The first-order valence-electron chi connectivity index (χ1n) is 5.83. The number of nitrogens with two attached hydrogens (primary N) is 1. The van der Waals surface area contributed by atoms with Crippen LogP contribution in [0.25, 0.3) is 0 Å². The van der Waals surface area contributed by atoms with Crippen LogP contribution in [-0.2, 0) is 4.74 Å². The van der Waals surface area contributed by atoms with Crippen molar-refractivity contribution in [2.24, 2.45) is 5.73 Å². The molecule has 16 heavy (non-hydrogen) atoms.